The van der Waals surface area contributed by atoms with Crippen molar-refractivity contribution < 1.29 is 0 Å². The molecule has 0 radical (unpaired) electrons. The van der Waals surface area contributed by atoms with Crippen LogP contribution in [0.3, 0.4) is 0 Å². The summed E-state index contributed by atoms with van der Waals surface area (Å²) < 4.78 is 0. The maximum atomic E-state index is 5.73. The molecule has 0 unspecified atom stereocenters. The smallest absolute Gasteiger partial charge is 0.188 e. The Balaban J connectivity index is 2.37. The highest BCUT2D eigenvalue weighted by molar-refractivity contribution is 7.11. The van der Waals surface area contributed by atoms with Crippen molar-refractivity contribution in [2.45, 2.75) is 33.6 Å². The number of hydrogen-bond acceptors (Lipinski definition) is 3. The second-order valence-electron chi connectivity index (χ2n) is 4.30. The molecule has 1 aromatic heterocycles. The lowest BCUT2D eigenvalue weighted by molar-refractivity contribution is 0.839. The van der Waals surface area contributed by atoms with Gasteiger partial charge in [-0.2, -0.15) is 0 Å². The van der Waals surface area contributed by atoms with E-state index in [-0.39, 0.29) is 0 Å². The third kappa shape index (κ3) is 4.87. The number of hydrogen-bond donors (Lipinski definition) is 2. The van der Waals surface area contributed by atoms with Crippen LogP contribution in [0.15, 0.2) is 17.1 Å². The Morgan fingerprint density at radius 1 is 1.56 bits per heavy atom. The Morgan fingerprint density at radius 2 is 2.28 bits per heavy atom. The van der Waals surface area contributed by atoms with Gasteiger partial charge in [0.05, 0.1) is 17.2 Å². The summed E-state index contributed by atoms with van der Waals surface area (Å²) in [6, 6.07) is 0. The monoisotopic (exact) mass is 266 g/mol. The second kappa shape index (κ2) is 7.16. The molecule has 1 heterocycles. The van der Waals surface area contributed by atoms with Crippen molar-refractivity contribution in [2.75, 3.05) is 13.1 Å². The number of aryl methyl sites for hydroxylation is 2. The van der Waals surface area contributed by atoms with E-state index in [2.05, 4.69) is 35.7 Å². The predicted octanol–water partition coefficient (Wildman–Crippen LogP) is 2.04. The van der Waals surface area contributed by atoms with Crippen LogP contribution >= 0.6 is 11.3 Å². The van der Waals surface area contributed by atoms with E-state index in [4.69, 9.17) is 5.73 Å². The van der Waals surface area contributed by atoms with E-state index in [9.17, 15) is 0 Å². The molecule has 5 heteroatoms. The molecule has 0 bridgehead atoms. The highest BCUT2D eigenvalue weighted by atomic mass is 32.1. The molecule has 1 rings (SSSR count). The van der Waals surface area contributed by atoms with Gasteiger partial charge in [0.15, 0.2) is 5.96 Å². The number of aliphatic imine (C=N–C) groups is 1. The molecule has 0 aliphatic rings. The van der Waals surface area contributed by atoms with Crippen LogP contribution in [-0.2, 0) is 12.8 Å². The molecule has 4 nitrogen and oxygen atoms in total. The molecule has 0 fully saturated rings. The first-order valence-electron chi connectivity index (χ1n) is 6.16. The quantitative estimate of drug-likeness (QED) is 0.470. The lowest BCUT2D eigenvalue weighted by Gasteiger charge is -2.03. The molecule has 0 atom stereocenters. The zero-order valence-electron chi connectivity index (χ0n) is 11.4. The predicted molar refractivity (Wildman–Crippen MR) is 79.2 cm³/mol. The molecule has 0 saturated heterocycles. The molecule has 0 aliphatic heterocycles. The van der Waals surface area contributed by atoms with E-state index >= 15 is 0 Å². The minimum absolute atomic E-state index is 0.474. The summed E-state index contributed by atoms with van der Waals surface area (Å²) in [6.07, 6.45) is 1.88. The van der Waals surface area contributed by atoms with Gasteiger partial charge in [0, 0.05) is 17.8 Å². The summed E-state index contributed by atoms with van der Waals surface area (Å²) in [7, 11) is 0. The summed E-state index contributed by atoms with van der Waals surface area (Å²) in [6.45, 7) is 11.3. The SMILES string of the molecule is C=C(C)CN=C(N)NCCc1nc(CC)c(C)s1. The van der Waals surface area contributed by atoms with Gasteiger partial charge in [-0.1, -0.05) is 19.1 Å². The summed E-state index contributed by atoms with van der Waals surface area (Å²) in [5, 5.41) is 4.24. The van der Waals surface area contributed by atoms with Gasteiger partial charge in [-0.3, -0.25) is 0 Å². The van der Waals surface area contributed by atoms with Crippen LogP contribution in [0.4, 0.5) is 0 Å². The summed E-state index contributed by atoms with van der Waals surface area (Å²) in [4.78, 5) is 10.1. The normalized spacial score (nSPS) is 11.6. The van der Waals surface area contributed by atoms with Crippen LogP contribution in [0.2, 0.25) is 0 Å². The molecule has 0 aliphatic carbocycles. The molecule has 0 spiro atoms. The molecular weight excluding hydrogens is 244 g/mol. The van der Waals surface area contributed by atoms with Crippen molar-refractivity contribution in [3.63, 3.8) is 0 Å². The minimum Gasteiger partial charge on any atom is -0.370 e. The van der Waals surface area contributed by atoms with Crippen LogP contribution in [0.25, 0.3) is 0 Å². The zero-order chi connectivity index (χ0) is 13.5. The number of nitrogens with zero attached hydrogens (tertiary/aromatic N) is 2. The number of aromatic nitrogens is 1. The first-order valence-corrected chi connectivity index (χ1v) is 6.98. The molecule has 100 valence electrons. The Hall–Kier alpha value is -1.36. The fraction of sp³-hybridized carbons (Fsp3) is 0.538. The third-order valence-electron chi connectivity index (χ3n) is 2.44. The van der Waals surface area contributed by atoms with Crippen LogP contribution in [0.5, 0.6) is 0 Å². The largest absolute Gasteiger partial charge is 0.370 e. The first-order chi connectivity index (χ1) is 8.52. The average molecular weight is 266 g/mol. The maximum absolute atomic E-state index is 5.73. The van der Waals surface area contributed by atoms with Gasteiger partial charge >= 0.3 is 0 Å². The molecule has 0 amide bonds. The number of nitrogens with one attached hydrogen (secondary N) is 1. The third-order valence-corrected chi connectivity index (χ3v) is 3.51. The summed E-state index contributed by atoms with van der Waals surface area (Å²) >= 11 is 1.76. The Kier molecular flexibility index (Phi) is 5.85. The Bertz CT molecular complexity index is 434. The van der Waals surface area contributed by atoms with Gasteiger partial charge in [0.2, 0.25) is 0 Å². The van der Waals surface area contributed by atoms with Crippen molar-refractivity contribution >= 4 is 17.3 Å². The van der Waals surface area contributed by atoms with Crippen molar-refractivity contribution in [1.29, 1.82) is 0 Å². The van der Waals surface area contributed by atoms with E-state index in [1.807, 2.05) is 6.92 Å². The van der Waals surface area contributed by atoms with Crippen molar-refractivity contribution in [1.82, 2.24) is 10.3 Å². The molecular formula is C13H22N4S. The van der Waals surface area contributed by atoms with Gasteiger partial charge in [0.1, 0.15) is 0 Å². The average Bonchev–Trinajstić information content (AvgIpc) is 2.67. The van der Waals surface area contributed by atoms with Crippen LogP contribution in [0, 0.1) is 6.92 Å². The van der Waals surface area contributed by atoms with Crippen LogP contribution in [-0.4, -0.2) is 24.0 Å². The van der Waals surface area contributed by atoms with Gasteiger partial charge in [-0.05, 0) is 20.3 Å². The Morgan fingerprint density at radius 3 is 2.83 bits per heavy atom. The lowest BCUT2D eigenvalue weighted by Crippen LogP contribution is -2.33. The fourth-order valence-electron chi connectivity index (χ4n) is 1.50. The lowest BCUT2D eigenvalue weighted by atomic mass is 10.3. The molecule has 3 N–H and O–H groups in total. The summed E-state index contributed by atoms with van der Waals surface area (Å²) in [5.74, 6) is 0.474. The maximum Gasteiger partial charge on any atom is 0.188 e. The molecule has 1 aromatic rings. The number of rotatable bonds is 6. The molecule has 0 aromatic carbocycles. The summed E-state index contributed by atoms with van der Waals surface area (Å²) in [5.41, 5.74) is 7.94. The van der Waals surface area contributed by atoms with Crippen molar-refractivity contribution in [3.05, 3.63) is 27.7 Å². The van der Waals surface area contributed by atoms with Gasteiger partial charge in [0.25, 0.3) is 0 Å². The second-order valence-corrected chi connectivity index (χ2v) is 5.59. The van der Waals surface area contributed by atoms with Crippen molar-refractivity contribution in [3.8, 4) is 0 Å². The number of guanidine groups is 1. The fourth-order valence-corrected chi connectivity index (χ4v) is 2.52. The van der Waals surface area contributed by atoms with E-state index in [1.54, 1.807) is 11.3 Å². The number of nitrogens with two attached hydrogens (primary N) is 1. The Labute approximate surface area is 113 Å². The van der Waals surface area contributed by atoms with Crippen LogP contribution in [0.1, 0.15) is 29.4 Å². The highest BCUT2D eigenvalue weighted by Crippen LogP contribution is 2.17. The van der Waals surface area contributed by atoms with Gasteiger partial charge < -0.3 is 11.1 Å². The van der Waals surface area contributed by atoms with Crippen LogP contribution < -0.4 is 11.1 Å². The van der Waals surface area contributed by atoms with E-state index in [1.165, 1.54) is 10.6 Å². The van der Waals surface area contributed by atoms with E-state index in [0.717, 1.165) is 30.0 Å². The van der Waals surface area contributed by atoms with E-state index in [0.29, 0.717) is 12.5 Å². The highest BCUT2D eigenvalue weighted by Gasteiger charge is 2.05. The molecule has 18 heavy (non-hydrogen) atoms. The zero-order valence-corrected chi connectivity index (χ0v) is 12.2. The number of thiazole rings is 1. The molecule has 0 saturated carbocycles. The van der Waals surface area contributed by atoms with Gasteiger partial charge in [-0.25, -0.2) is 9.98 Å². The standard InChI is InChI=1S/C13H22N4S/c1-5-11-10(4)18-12(17-11)6-7-15-13(14)16-8-9(2)3/h2,5-8H2,1,3-4H3,(H3,14,15,16). The van der Waals surface area contributed by atoms with E-state index < -0.39 is 0 Å². The topological polar surface area (TPSA) is 63.3 Å². The van der Waals surface area contributed by atoms with Gasteiger partial charge in [-0.15, -0.1) is 11.3 Å². The first kappa shape index (κ1) is 14.7. The minimum atomic E-state index is 0.474. The van der Waals surface area contributed by atoms with Crippen molar-refractivity contribution in [2.24, 2.45) is 10.7 Å².